The zero-order valence-electron chi connectivity index (χ0n) is 18.5. The van der Waals surface area contributed by atoms with Crippen LogP contribution in [0.2, 0.25) is 0 Å². The number of carboxylic acid groups (broad SMARTS) is 1. The Hall–Kier alpha value is -5.39. The third kappa shape index (κ3) is 4.63. The number of nitrogens with zero attached hydrogens (tertiary/aromatic N) is 4. The van der Waals surface area contributed by atoms with E-state index in [0.29, 0.717) is 11.3 Å². The summed E-state index contributed by atoms with van der Waals surface area (Å²) < 4.78 is 5.73. The molecule has 0 fully saturated rings. The lowest BCUT2D eigenvalue weighted by Gasteiger charge is -2.12. The fourth-order valence-corrected chi connectivity index (χ4v) is 3.44. The van der Waals surface area contributed by atoms with Crippen molar-refractivity contribution in [2.45, 2.75) is 6.92 Å². The summed E-state index contributed by atoms with van der Waals surface area (Å²) in [6.07, 6.45) is 1.49. The number of carboxylic acids is 1. The number of benzene rings is 3. The number of hydrazone groups is 1. The minimum atomic E-state index is -1.15. The van der Waals surface area contributed by atoms with Crippen molar-refractivity contribution < 1.29 is 29.3 Å². The smallest absolute Gasteiger partial charge is 0.335 e. The molecule has 1 aliphatic rings. The number of carbonyl (C=O) groups excluding carboxylic acids is 1. The number of nitro groups is 2. The molecule has 0 saturated heterocycles. The molecule has 36 heavy (non-hydrogen) atoms. The summed E-state index contributed by atoms with van der Waals surface area (Å²) in [4.78, 5) is 45.3. The van der Waals surface area contributed by atoms with Crippen molar-refractivity contribution in [2.75, 3.05) is 5.01 Å². The number of hydrogen-bond donors (Lipinski definition) is 1. The molecule has 0 spiro atoms. The number of para-hydroxylation sites is 1. The van der Waals surface area contributed by atoms with E-state index in [2.05, 4.69) is 5.10 Å². The molecule has 0 aromatic heterocycles. The first kappa shape index (κ1) is 23.8. The molecule has 1 amide bonds. The number of amides is 1. The maximum absolute atomic E-state index is 13.1. The molecule has 1 heterocycles. The fourth-order valence-electron chi connectivity index (χ4n) is 3.44. The molecule has 4 rings (SSSR count). The monoisotopic (exact) mass is 488 g/mol. The quantitative estimate of drug-likeness (QED) is 0.281. The topological polar surface area (TPSA) is 165 Å². The highest BCUT2D eigenvalue weighted by Gasteiger charge is 2.29. The van der Waals surface area contributed by atoms with Crippen molar-refractivity contribution in [3.8, 4) is 11.5 Å². The van der Waals surface area contributed by atoms with Crippen molar-refractivity contribution in [1.29, 1.82) is 0 Å². The molecule has 12 nitrogen and oxygen atoms in total. The molecule has 180 valence electrons. The molecular weight excluding hydrogens is 472 g/mol. The van der Waals surface area contributed by atoms with Crippen LogP contribution in [0.15, 0.2) is 77.4 Å². The summed E-state index contributed by atoms with van der Waals surface area (Å²) in [5.41, 5.74) is 0.166. The summed E-state index contributed by atoms with van der Waals surface area (Å²) in [5.74, 6) is -1.71. The predicted molar refractivity (Wildman–Crippen MR) is 128 cm³/mol. The van der Waals surface area contributed by atoms with Crippen LogP contribution in [-0.4, -0.2) is 32.5 Å². The largest absolute Gasteiger partial charge is 0.478 e. The third-order valence-corrected chi connectivity index (χ3v) is 5.19. The Balaban J connectivity index is 1.68. The van der Waals surface area contributed by atoms with Crippen molar-refractivity contribution in [3.05, 3.63) is 104 Å². The number of anilines is 1. The van der Waals surface area contributed by atoms with Gasteiger partial charge in [0.2, 0.25) is 5.75 Å². The second-order valence-electron chi connectivity index (χ2n) is 7.52. The first-order valence-corrected chi connectivity index (χ1v) is 10.3. The van der Waals surface area contributed by atoms with E-state index in [1.54, 1.807) is 31.2 Å². The van der Waals surface area contributed by atoms with Gasteiger partial charge >= 0.3 is 11.7 Å². The summed E-state index contributed by atoms with van der Waals surface area (Å²) in [6.45, 7) is 1.61. The van der Waals surface area contributed by atoms with Crippen molar-refractivity contribution in [1.82, 2.24) is 0 Å². The number of carbonyl (C=O) groups is 2. The molecule has 0 radical (unpaired) electrons. The van der Waals surface area contributed by atoms with Gasteiger partial charge in [-0.2, -0.15) is 10.1 Å². The number of rotatable bonds is 7. The highest BCUT2D eigenvalue weighted by molar-refractivity contribution is 6.32. The maximum Gasteiger partial charge on any atom is 0.335 e. The van der Waals surface area contributed by atoms with Crippen LogP contribution in [-0.2, 0) is 4.79 Å². The molecule has 0 unspecified atom stereocenters. The van der Waals surface area contributed by atoms with Crippen molar-refractivity contribution in [3.63, 3.8) is 0 Å². The number of ether oxygens (including phenoxy) is 1. The van der Waals surface area contributed by atoms with E-state index in [1.807, 2.05) is 0 Å². The zero-order valence-corrected chi connectivity index (χ0v) is 18.5. The summed E-state index contributed by atoms with van der Waals surface area (Å²) in [6, 6.07) is 15.2. The van der Waals surface area contributed by atoms with Crippen LogP contribution in [0.4, 0.5) is 17.1 Å². The van der Waals surface area contributed by atoms with Gasteiger partial charge in [-0.3, -0.25) is 25.0 Å². The van der Waals surface area contributed by atoms with Crippen LogP contribution >= 0.6 is 0 Å². The Morgan fingerprint density at radius 3 is 2.44 bits per heavy atom. The highest BCUT2D eigenvalue weighted by atomic mass is 16.6. The van der Waals surface area contributed by atoms with Gasteiger partial charge in [0.25, 0.3) is 11.6 Å². The Morgan fingerprint density at radius 1 is 1.00 bits per heavy atom. The van der Waals surface area contributed by atoms with E-state index in [4.69, 9.17) is 4.74 Å². The molecule has 1 aliphatic heterocycles. The normalized spacial score (nSPS) is 14.0. The van der Waals surface area contributed by atoms with E-state index in [0.717, 1.165) is 23.2 Å². The molecule has 0 saturated carbocycles. The van der Waals surface area contributed by atoms with Crippen molar-refractivity contribution in [2.24, 2.45) is 5.10 Å². The average Bonchev–Trinajstić information content (AvgIpc) is 3.13. The van der Waals surface area contributed by atoms with E-state index >= 15 is 0 Å². The van der Waals surface area contributed by atoms with Gasteiger partial charge in [0.15, 0.2) is 0 Å². The molecule has 0 bridgehead atoms. The molecule has 3 aromatic rings. The standard InChI is InChI=1S/C24H16N4O8/c1-14-19(23(29)26(25-14)17-7-4-6-16(11-17)24(30)31)12-15-5-2-3-8-21(15)36-22-10-9-18(27(32)33)13-20(22)28(34)35/h2-13H,1H3,(H,30,31)/b19-12-. The molecule has 1 N–H and O–H groups in total. The van der Waals surface area contributed by atoms with Gasteiger partial charge in [-0.25, -0.2) is 4.79 Å². The molecule has 3 aromatic carbocycles. The molecule has 0 atom stereocenters. The SMILES string of the molecule is CC1=NN(c2cccc(C(=O)O)c2)C(=O)/C1=C\c1ccccc1Oc1ccc([N+](=O)[O-])cc1[N+](=O)[O-]. The van der Waals surface area contributed by atoms with E-state index in [9.17, 15) is 34.9 Å². The molecular formula is C24H16N4O8. The number of non-ortho nitro benzene ring substituents is 1. The van der Waals surface area contributed by atoms with Gasteiger partial charge < -0.3 is 9.84 Å². The summed E-state index contributed by atoms with van der Waals surface area (Å²) in [5, 5.41) is 37.0. The van der Waals surface area contributed by atoms with Gasteiger partial charge in [-0.15, -0.1) is 0 Å². The molecule has 12 heteroatoms. The van der Waals surface area contributed by atoms with Crippen LogP contribution in [0.1, 0.15) is 22.8 Å². The lowest BCUT2D eigenvalue weighted by molar-refractivity contribution is -0.394. The average molecular weight is 488 g/mol. The molecule has 0 aliphatic carbocycles. The first-order chi connectivity index (χ1) is 17.2. The minimum absolute atomic E-state index is 0.00554. The lowest BCUT2D eigenvalue weighted by Crippen LogP contribution is -2.21. The van der Waals surface area contributed by atoms with Gasteiger partial charge in [0, 0.05) is 11.6 Å². The lowest BCUT2D eigenvalue weighted by atomic mass is 10.1. The second-order valence-corrected chi connectivity index (χ2v) is 7.52. The first-order valence-electron chi connectivity index (χ1n) is 10.3. The van der Waals surface area contributed by atoms with Crippen molar-refractivity contribution >= 4 is 40.7 Å². The van der Waals surface area contributed by atoms with Crippen LogP contribution in [0, 0.1) is 20.2 Å². The fraction of sp³-hybridized carbons (Fsp3) is 0.0417. The Bertz CT molecular complexity index is 1490. The van der Waals surface area contributed by atoms with Crippen LogP contribution in [0.25, 0.3) is 6.08 Å². The summed E-state index contributed by atoms with van der Waals surface area (Å²) in [7, 11) is 0. The zero-order chi connectivity index (χ0) is 26.0. The number of nitro benzene ring substituents is 2. The van der Waals surface area contributed by atoms with Crippen LogP contribution in [0.3, 0.4) is 0 Å². The maximum atomic E-state index is 13.1. The summed E-state index contributed by atoms with van der Waals surface area (Å²) >= 11 is 0. The van der Waals surface area contributed by atoms with Crippen LogP contribution < -0.4 is 9.75 Å². The van der Waals surface area contributed by atoms with E-state index < -0.39 is 33.1 Å². The van der Waals surface area contributed by atoms with E-state index in [1.165, 1.54) is 30.3 Å². The van der Waals surface area contributed by atoms with Crippen LogP contribution in [0.5, 0.6) is 11.5 Å². The minimum Gasteiger partial charge on any atom is -0.478 e. The van der Waals surface area contributed by atoms with E-state index in [-0.39, 0.29) is 28.3 Å². The van der Waals surface area contributed by atoms with Gasteiger partial charge in [0.05, 0.1) is 38.4 Å². The Morgan fingerprint density at radius 2 is 1.75 bits per heavy atom. The van der Waals surface area contributed by atoms with Gasteiger partial charge in [-0.1, -0.05) is 24.3 Å². The van der Waals surface area contributed by atoms with Gasteiger partial charge in [0.1, 0.15) is 5.75 Å². The Kier molecular flexibility index (Phi) is 6.24. The second kappa shape index (κ2) is 9.46. The number of hydrogen-bond acceptors (Lipinski definition) is 8. The highest BCUT2D eigenvalue weighted by Crippen LogP contribution is 2.36. The Labute approximate surface area is 202 Å². The third-order valence-electron chi connectivity index (χ3n) is 5.19. The predicted octanol–water partition coefficient (Wildman–Crippen LogP) is 4.80. The number of aromatic carboxylic acids is 1. The van der Waals surface area contributed by atoms with Gasteiger partial charge in [-0.05, 0) is 43.3 Å².